The monoisotopic (exact) mass is 260 g/mol. The van der Waals surface area contributed by atoms with Crippen molar-refractivity contribution in [2.75, 3.05) is 5.73 Å². The quantitative estimate of drug-likeness (QED) is 0.848. The summed E-state index contributed by atoms with van der Waals surface area (Å²) in [6.07, 6.45) is 1.64. The Morgan fingerprint density at radius 2 is 2.25 bits per heavy atom. The van der Waals surface area contributed by atoms with E-state index in [-0.39, 0.29) is 16.9 Å². The van der Waals surface area contributed by atoms with E-state index in [1.165, 1.54) is 15.7 Å². The minimum atomic E-state index is -3.61. The number of hydrogen-bond acceptors (Lipinski definition) is 5. The molecule has 0 aliphatic carbocycles. The van der Waals surface area contributed by atoms with Gasteiger partial charge in [0, 0.05) is 17.6 Å². The Morgan fingerprint density at radius 1 is 1.56 bits per heavy atom. The number of fused-ring (bicyclic) bond motifs is 1. The van der Waals surface area contributed by atoms with Crippen LogP contribution in [0.3, 0.4) is 0 Å². The summed E-state index contributed by atoms with van der Waals surface area (Å²) >= 11 is 1.34. The fraction of sp³-hybridized carbons (Fsp3) is 0.375. The van der Waals surface area contributed by atoms with Crippen molar-refractivity contribution in [1.82, 2.24) is 14.1 Å². The van der Waals surface area contributed by atoms with E-state index in [0.29, 0.717) is 4.96 Å². The molecule has 0 spiro atoms. The summed E-state index contributed by atoms with van der Waals surface area (Å²) in [4.78, 5) is 4.56. The number of thiazole rings is 1. The van der Waals surface area contributed by atoms with E-state index in [4.69, 9.17) is 5.73 Å². The van der Waals surface area contributed by atoms with Gasteiger partial charge in [0.05, 0.1) is 0 Å². The third kappa shape index (κ3) is 1.79. The molecule has 6 nitrogen and oxygen atoms in total. The molecule has 0 fully saturated rings. The maximum absolute atomic E-state index is 12.0. The Hall–Kier alpha value is -1.12. The molecule has 2 heterocycles. The van der Waals surface area contributed by atoms with Gasteiger partial charge in [0.25, 0.3) is 10.0 Å². The molecule has 2 aromatic rings. The molecule has 0 bridgehead atoms. The van der Waals surface area contributed by atoms with Crippen molar-refractivity contribution in [3.05, 3.63) is 11.6 Å². The van der Waals surface area contributed by atoms with Gasteiger partial charge in [0.15, 0.2) is 15.8 Å². The van der Waals surface area contributed by atoms with E-state index in [1.807, 2.05) is 0 Å². The number of rotatable bonds is 3. The lowest BCUT2D eigenvalue weighted by molar-refractivity contribution is 0.565. The van der Waals surface area contributed by atoms with Crippen molar-refractivity contribution < 1.29 is 8.42 Å². The van der Waals surface area contributed by atoms with Gasteiger partial charge < -0.3 is 5.73 Å². The highest BCUT2D eigenvalue weighted by molar-refractivity contribution is 7.89. The smallest absolute Gasteiger partial charge is 0.260 e. The Labute approximate surface area is 97.2 Å². The first-order chi connectivity index (χ1) is 7.42. The average molecular weight is 260 g/mol. The summed E-state index contributed by atoms with van der Waals surface area (Å²) in [6.45, 7) is 3.50. The largest absolute Gasteiger partial charge is 0.381 e. The molecule has 3 N–H and O–H groups in total. The van der Waals surface area contributed by atoms with Gasteiger partial charge in [-0.2, -0.15) is 0 Å². The topological polar surface area (TPSA) is 89.5 Å². The molecule has 0 saturated carbocycles. The molecule has 16 heavy (non-hydrogen) atoms. The summed E-state index contributed by atoms with van der Waals surface area (Å²) in [5, 5.41) is 1.77. The van der Waals surface area contributed by atoms with Crippen molar-refractivity contribution in [2.45, 2.75) is 24.9 Å². The number of sulfonamides is 1. The van der Waals surface area contributed by atoms with E-state index >= 15 is 0 Å². The lowest BCUT2D eigenvalue weighted by Gasteiger charge is -2.08. The number of nitrogens with one attached hydrogen (secondary N) is 1. The number of imidazole rings is 1. The third-order valence-electron chi connectivity index (χ3n) is 1.89. The van der Waals surface area contributed by atoms with E-state index in [0.717, 1.165) is 0 Å². The summed E-state index contributed by atoms with van der Waals surface area (Å²) < 4.78 is 27.9. The number of nitrogens with two attached hydrogens (primary N) is 1. The van der Waals surface area contributed by atoms with Crippen LogP contribution < -0.4 is 10.5 Å². The van der Waals surface area contributed by atoms with Crippen molar-refractivity contribution in [3.8, 4) is 0 Å². The molecular formula is C8H12N4O2S2. The molecule has 0 aromatic carbocycles. The predicted octanol–water partition coefficient (Wildman–Crippen LogP) is 0.665. The molecule has 0 saturated heterocycles. The lowest BCUT2D eigenvalue weighted by Crippen LogP contribution is -2.31. The Bertz CT molecular complexity index is 611. The second kappa shape index (κ2) is 3.72. The molecule has 0 radical (unpaired) electrons. The van der Waals surface area contributed by atoms with Crippen LogP contribution in [-0.2, 0) is 10.0 Å². The van der Waals surface area contributed by atoms with Crippen LogP contribution in [0.2, 0.25) is 0 Å². The standard InChI is InChI=1S/C8H12N4O2S2/c1-5(2)11-16(13,14)7-6(9)10-8-12(7)3-4-15-8/h3-5,11H,9H2,1-2H3. The fourth-order valence-electron chi connectivity index (χ4n) is 1.42. The highest BCUT2D eigenvalue weighted by atomic mass is 32.2. The lowest BCUT2D eigenvalue weighted by atomic mass is 10.4. The summed E-state index contributed by atoms with van der Waals surface area (Å²) in [6, 6.07) is -0.186. The first kappa shape index (κ1) is 11.4. The summed E-state index contributed by atoms with van der Waals surface area (Å²) in [5.41, 5.74) is 5.62. The summed E-state index contributed by atoms with van der Waals surface area (Å²) in [7, 11) is -3.61. The molecular weight excluding hydrogens is 248 g/mol. The van der Waals surface area contributed by atoms with Gasteiger partial charge in [-0.05, 0) is 13.8 Å². The number of anilines is 1. The second-order valence-corrected chi connectivity index (χ2v) is 6.14. The molecule has 2 aromatic heterocycles. The highest BCUT2D eigenvalue weighted by Gasteiger charge is 2.24. The van der Waals surface area contributed by atoms with E-state index in [9.17, 15) is 8.42 Å². The van der Waals surface area contributed by atoms with Gasteiger partial charge in [-0.1, -0.05) is 0 Å². The van der Waals surface area contributed by atoms with Crippen LogP contribution in [0.5, 0.6) is 0 Å². The van der Waals surface area contributed by atoms with Crippen molar-refractivity contribution in [3.63, 3.8) is 0 Å². The van der Waals surface area contributed by atoms with Crippen LogP contribution in [0.25, 0.3) is 4.96 Å². The van der Waals surface area contributed by atoms with Crippen LogP contribution in [0.15, 0.2) is 16.6 Å². The van der Waals surface area contributed by atoms with Gasteiger partial charge in [-0.15, -0.1) is 11.3 Å². The molecule has 8 heteroatoms. The number of nitrogens with zero attached hydrogens (tertiary/aromatic N) is 2. The van der Waals surface area contributed by atoms with Gasteiger partial charge in [0.2, 0.25) is 0 Å². The van der Waals surface area contributed by atoms with Crippen molar-refractivity contribution >= 4 is 32.1 Å². The first-order valence-electron chi connectivity index (χ1n) is 4.65. The van der Waals surface area contributed by atoms with Gasteiger partial charge >= 0.3 is 0 Å². The molecule has 0 unspecified atom stereocenters. The maximum atomic E-state index is 12.0. The first-order valence-corrected chi connectivity index (χ1v) is 7.01. The Kier molecular flexibility index (Phi) is 2.64. The maximum Gasteiger partial charge on any atom is 0.260 e. The van der Waals surface area contributed by atoms with Crippen molar-refractivity contribution in [1.29, 1.82) is 0 Å². The fourth-order valence-corrected chi connectivity index (χ4v) is 3.65. The molecule has 2 rings (SSSR count). The zero-order valence-electron chi connectivity index (χ0n) is 8.84. The minimum absolute atomic E-state index is 0.0115. The highest BCUT2D eigenvalue weighted by Crippen LogP contribution is 2.23. The van der Waals surface area contributed by atoms with Crippen LogP contribution in [0.1, 0.15) is 13.8 Å². The molecule has 0 aliphatic rings. The van der Waals surface area contributed by atoms with Crippen LogP contribution in [0.4, 0.5) is 5.82 Å². The van der Waals surface area contributed by atoms with E-state index < -0.39 is 10.0 Å². The molecule has 0 aliphatic heterocycles. The molecule has 0 amide bonds. The Morgan fingerprint density at radius 3 is 2.88 bits per heavy atom. The normalized spacial score (nSPS) is 12.7. The van der Waals surface area contributed by atoms with Crippen LogP contribution in [-0.4, -0.2) is 23.8 Å². The predicted molar refractivity (Wildman–Crippen MR) is 62.9 cm³/mol. The van der Waals surface area contributed by atoms with Gasteiger partial charge in [0.1, 0.15) is 0 Å². The Balaban J connectivity index is 2.62. The van der Waals surface area contributed by atoms with Crippen LogP contribution >= 0.6 is 11.3 Å². The van der Waals surface area contributed by atoms with E-state index in [1.54, 1.807) is 25.4 Å². The average Bonchev–Trinajstić information content (AvgIpc) is 2.58. The SMILES string of the molecule is CC(C)NS(=O)(=O)c1c(N)nc2sccn12. The molecule has 0 atom stereocenters. The van der Waals surface area contributed by atoms with Gasteiger partial charge in [-0.3, -0.25) is 4.40 Å². The zero-order chi connectivity index (χ0) is 11.9. The summed E-state index contributed by atoms with van der Waals surface area (Å²) in [5.74, 6) is 0.0278. The number of hydrogen-bond donors (Lipinski definition) is 2. The minimum Gasteiger partial charge on any atom is -0.381 e. The van der Waals surface area contributed by atoms with Crippen LogP contribution in [0, 0.1) is 0 Å². The number of aromatic nitrogens is 2. The van der Waals surface area contributed by atoms with E-state index in [2.05, 4.69) is 9.71 Å². The second-order valence-electron chi connectivity index (χ2n) is 3.63. The third-order valence-corrected chi connectivity index (χ3v) is 4.34. The van der Waals surface area contributed by atoms with Crippen molar-refractivity contribution in [2.24, 2.45) is 0 Å². The molecule has 88 valence electrons. The zero-order valence-corrected chi connectivity index (χ0v) is 10.5. The number of nitrogen functional groups attached to an aromatic ring is 1. The van der Waals surface area contributed by atoms with Gasteiger partial charge in [-0.25, -0.2) is 18.1 Å².